The molecular formula is C9H12O6. The van der Waals surface area contributed by atoms with Crippen molar-refractivity contribution in [2.75, 3.05) is 7.11 Å². The number of esters is 1. The minimum Gasteiger partial charge on any atom is -0.481 e. The van der Waals surface area contributed by atoms with E-state index in [1.165, 1.54) is 6.92 Å². The van der Waals surface area contributed by atoms with Gasteiger partial charge in [0.1, 0.15) is 0 Å². The molecule has 0 aromatic rings. The van der Waals surface area contributed by atoms with Gasteiger partial charge in [-0.25, -0.2) is 4.79 Å². The number of carboxylic acids is 2. The molecule has 0 aliphatic rings. The van der Waals surface area contributed by atoms with Gasteiger partial charge in [0.25, 0.3) is 0 Å². The normalized spacial score (nSPS) is 13.1. The Balaban J connectivity index is 4.89. The van der Waals surface area contributed by atoms with Gasteiger partial charge >= 0.3 is 17.9 Å². The summed E-state index contributed by atoms with van der Waals surface area (Å²) < 4.78 is 4.28. The zero-order chi connectivity index (χ0) is 12.0. The Bertz CT molecular complexity index is 304. The highest BCUT2D eigenvalue weighted by Gasteiger charge is 2.29. The first-order valence-corrected chi connectivity index (χ1v) is 4.13. The van der Waals surface area contributed by atoms with Gasteiger partial charge in [-0.1, -0.05) is 6.08 Å². The molecule has 0 heterocycles. The Morgan fingerprint density at radius 1 is 1.33 bits per heavy atom. The van der Waals surface area contributed by atoms with E-state index < -0.39 is 30.2 Å². The van der Waals surface area contributed by atoms with Gasteiger partial charge in [0.2, 0.25) is 0 Å². The van der Waals surface area contributed by atoms with Crippen LogP contribution in [0.2, 0.25) is 0 Å². The Kier molecular flexibility index (Phi) is 5.08. The zero-order valence-electron chi connectivity index (χ0n) is 8.39. The van der Waals surface area contributed by atoms with E-state index in [0.717, 1.165) is 13.2 Å². The predicted octanol–water partition coefficient (Wildman–Crippen LogP) is 0.281. The number of hydrogen-bond donors (Lipinski definition) is 2. The molecule has 0 aromatic heterocycles. The third-order valence-corrected chi connectivity index (χ3v) is 1.83. The Morgan fingerprint density at radius 2 is 1.87 bits per heavy atom. The van der Waals surface area contributed by atoms with E-state index in [-0.39, 0.29) is 5.57 Å². The number of aliphatic carboxylic acids is 2. The van der Waals surface area contributed by atoms with Crippen LogP contribution in [0.4, 0.5) is 0 Å². The number of ether oxygens (including phenoxy) is 1. The fraction of sp³-hybridized carbons (Fsp3) is 0.444. The van der Waals surface area contributed by atoms with E-state index in [1.807, 2.05) is 0 Å². The minimum atomic E-state index is -1.38. The summed E-state index contributed by atoms with van der Waals surface area (Å²) in [5, 5.41) is 17.5. The van der Waals surface area contributed by atoms with Crippen LogP contribution in [0.1, 0.15) is 13.3 Å². The van der Waals surface area contributed by atoms with Gasteiger partial charge in [-0.15, -0.1) is 0 Å². The summed E-state index contributed by atoms with van der Waals surface area (Å²) in [5.74, 6) is -4.85. The van der Waals surface area contributed by atoms with Crippen LogP contribution in [0, 0.1) is 5.92 Å². The van der Waals surface area contributed by atoms with Crippen molar-refractivity contribution >= 4 is 17.9 Å². The predicted molar refractivity (Wildman–Crippen MR) is 49.2 cm³/mol. The molecule has 6 nitrogen and oxygen atoms in total. The molecule has 0 saturated heterocycles. The molecule has 1 atom stereocenters. The van der Waals surface area contributed by atoms with E-state index in [4.69, 9.17) is 10.2 Å². The third-order valence-electron chi connectivity index (χ3n) is 1.83. The lowest BCUT2D eigenvalue weighted by Gasteiger charge is -2.11. The van der Waals surface area contributed by atoms with E-state index in [0.29, 0.717) is 0 Å². The Morgan fingerprint density at radius 3 is 2.13 bits per heavy atom. The second kappa shape index (κ2) is 5.79. The molecule has 84 valence electrons. The van der Waals surface area contributed by atoms with E-state index in [2.05, 4.69) is 4.74 Å². The summed E-state index contributed by atoms with van der Waals surface area (Å²) in [6.45, 7) is 1.40. The quantitative estimate of drug-likeness (QED) is 0.505. The summed E-state index contributed by atoms with van der Waals surface area (Å²) >= 11 is 0. The lowest BCUT2D eigenvalue weighted by molar-refractivity contribution is -0.150. The van der Waals surface area contributed by atoms with Crippen LogP contribution in [0.3, 0.4) is 0 Å². The van der Waals surface area contributed by atoms with Crippen molar-refractivity contribution in [2.24, 2.45) is 5.92 Å². The van der Waals surface area contributed by atoms with Crippen molar-refractivity contribution in [3.8, 4) is 0 Å². The molecule has 0 spiro atoms. The number of rotatable bonds is 5. The summed E-state index contributed by atoms with van der Waals surface area (Å²) in [6.07, 6.45) is 0.669. The first kappa shape index (κ1) is 13.2. The molecule has 0 aliphatic heterocycles. The van der Waals surface area contributed by atoms with Gasteiger partial charge in [0.05, 0.1) is 19.4 Å². The molecule has 6 heteroatoms. The van der Waals surface area contributed by atoms with Crippen molar-refractivity contribution in [3.05, 3.63) is 11.6 Å². The molecule has 2 N–H and O–H groups in total. The van der Waals surface area contributed by atoms with Crippen LogP contribution in [0.25, 0.3) is 0 Å². The highest BCUT2D eigenvalue weighted by atomic mass is 16.5. The molecule has 0 radical (unpaired) electrons. The fourth-order valence-electron chi connectivity index (χ4n) is 1.05. The molecule has 0 aliphatic carbocycles. The molecule has 0 saturated carbocycles. The SMILES string of the molecule is CC=C(C(=O)O)C(CC(=O)OC)C(=O)O. The smallest absolute Gasteiger partial charge is 0.332 e. The molecule has 1 unspecified atom stereocenters. The lowest BCUT2D eigenvalue weighted by Crippen LogP contribution is -2.24. The van der Waals surface area contributed by atoms with E-state index in [9.17, 15) is 14.4 Å². The standard InChI is InChI=1S/C9H12O6/c1-3-5(8(11)12)6(9(13)14)4-7(10)15-2/h3,6H,4H2,1-2H3,(H,11,12)(H,13,14). The van der Waals surface area contributed by atoms with Crippen LogP contribution in [-0.2, 0) is 19.1 Å². The summed E-state index contributed by atoms with van der Waals surface area (Å²) in [6, 6.07) is 0. The van der Waals surface area contributed by atoms with Crippen LogP contribution in [0.5, 0.6) is 0 Å². The average Bonchev–Trinajstić information content (AvgIpc) is 2.16. The van der Waals surface area contributed by atoms with E-state index >= 15 is 0 Å². The van der Waals surface area contributed by atoms with Gasteiger partial charge in [0, 0.05) is 5.57 Å². The van der Waals surface area contributed by atoms with Crippen LogP contribution in [-0.4, -0.2) is 35.2 Å². The second-order valence-electron chi connectivity index (χ2n) is 2.72. The first-order chi connectivity index (χ1) is 6.93. The van der Waals surface area contributed by atoms with Gasteiger partial charge in [0.15, 0.2) is 0 Å². The summed E-state index contributed by atoms with van der Waals surface area (Å²) in [4.78, 5) is 32.3. The Hall–Kier alpha value is -1.85. The van der Waals surface area contributed by atoms with Crippen molar-refractivity contribution < 1.29 is 29.3 Å². The van der Waals surface area contributed by atoms with Crippen LogP contribution < -0.4 is 0 Å². The fourth-order valence-corrected chi connectivity index (χ4v) is 1.05. The zero-order valence-corrected chi connectivity index (χ0v) is 8.39. The number of carbonyl (C=O) groups is 3. The molecule has 0 bridgehead atoms. The molecular weight excluding hydrogens is 204 g/mol. The van der Waals surface area contributed by atoms with Crippen LogP contribution in [0.15, 0.2) is 11.6 Å². The van der Waals surface area contributed by atoms with Gasteiger partial charge in [-0.3, -0.25) is 9.59 Å². The first-order valence-electron chi connectivity index (χ1n) is 4.13. The van der Waals surface area contributed by atoms with Gasteiger partial charge in [-0.05, 0) is 6.92 Å². The van der Waals surface area contributed by atoms with Crippen molar-refractivity contribution in [1.29, 1.82) is 0 Å². The number of carboxylic acid groups (broad SMARTS) is 2. The number of hydrogen-bond acceptors (Lipinski definition) is 4. The van der Waals surface area contributed by atoms with Crippen molar-refractivity contribution in [1.82, 2.24) is 0 Å². The molecule has 15 heavy (non-hydrogen) atoms. The number of methoxy groups -OCH3 is 1. The van der Waals surface area contributed by atoms with Crippen LogP contribution >= 0.6 is 0 Å². The monoisotopic (exact) mass is 216 g/mol. The molecule has 0 amide bonds. The molecule has 0 aromatic carbocycles. The Labute approximate surface area is 86.2 Å². The maximum Gasteiger partial charge on any atom is 0.332 e. The maximum absolute atomic E-state index is 10.9. The van der Waals surface area contributed by atoms with Gasteiger partial charge < -0.3 is 14.9 Å². The summed E-state index contributed by atoms with van der Waals surface area (Å²) in [5.41, 5.74) is -0.326. The third kappa shape index (κ3) is 3.80. The van der Waals surface area contributed by atoms with E-state index in [1.54, 1.807) is 0 Å². The van der Waals surface area contributed by atoms with Gasteiger partial charge in [-0.2, -0.15) is 0 Å². The second-order valence-corrected chi connectivity index (χ2v) is 2.72. The highest BCUT2D eigenvalue weighted by Crippen LogP contribution is 2.16. The average molecular weight is 216 g/mol. The minimum absolute atomic E-state index is 0.326. The molecule has 0 fully saturated rings. The number of carbonyl (C=O) groups excluding carboxylic acids is 1. The summed E-state index contributed by atoms with van der Waals surface area (Å²) in [7, 11) is 1.11. The van der Waals surface area contributed by atoms with Crippen molar-refractivity contribution in [2.45, 2.75) is 13.3 Å². The lowest BCUT2D eigenvalue weighted by atomic mass is 9.95. The molecule has 0 rings (SSSR count). The van der Waals surface area contributed by atoms with Crippen molar-refractivity contribution in [3.63, 3.8) is 0 Å². The largest absolute Gasteiger partial charge is 0.481 e. The highest BCUT2D eigenvalue weighted by molar-refractivity contribution is 5.95. The maximum atomic E-state index is 10.9. The number of allylic oxidation sites excluding steroid dienone is 1. The topological polar surface area (TPSA) is 101 Å².